The van der Waals surface area contributed by atoms with Crippen molar-refractivity contribution in [2.45, 2.75) is 166 Å². The van der Waals surface area contributed by atoms with Gasteiger partial charge in [-0.25, -0.2) is 0 Å². The van der Waals surface area contributed by atoms with Gasteiger partial charge in [-0.1, -0.05) is 26.7 Å². The molecule has 11 unspecified atom stereocenters. The molecule has 2 aliphatic heterocycles. The van der Waals surface area contributed by atoms with E-state index in [4.69, 9.17) is 18.9 Å². The van der Waals surface area contributed by atoms with Gasteiger partial charge in [0, 0.05) is 52.4 Å². The van der Waals surface area contributed by atoms with Gasteiger partial charge in [-0.15, -0.1) is 0 Å². The largest absolute Gasteiger partial charge is 0.394 e. The molecule has 0 saturated carbocycles. The Kier molecular flexibility index (Phi) is 23.1. The van der Waals surface area contributed by atoms with E-state index in [9.17, 15) is 54.6 Å². The number of hydrogen-bond acceptors (Lipinski definition) is 15. The molecule has 2 saturated heterocycles. The molecule has 0 bridgehead atoms. The van der Waals surface area contributed by atoms with Gasteiger partial charge in [0.1, 0.15) is 48.7 Å². The smallest absolute Gasteiger partial charge is 0.220 e. The summed E-state index contributed by atoms with van der Waals surface area (Å²) in [6.07, 6.45) is -4.25. The number of aliphatic hydroxyl groups is 6. The zero-order chi connectivity index (χ0) is 41.8. The summed E-state index contributed by atoms with van der Waals surface area (Å²) in [5.74, 6) is -1.61. The van der Waals surface area contributed by atoms with Gasteiger partial charge < -0.3 is 70.9 Å². The van der Waals surface area contributed by atoms with Crippen LogP contribution >= 0.6 is 0 Å². The number of hydrogen-bond donors (Lipinski definition) is 10. The highest BCUT2D eigenvalue weighted by Crippen LogP contribution is 2.24. The molecule has 0 aromatic carbocycles. The molecule has 0 aromatic heterocycles. The molecule has 4 amide bonds. The lowest BCUT2D eigenvalue weighted by atomic mass is 9.97. The highest BCUT2D eigenvalue weighted by molar-refractivity contribution is 5.90. The lowest BCUT2D eigenvalue weighted by Crippen LogP contribution is -2.64. The second-order valence-electron chi connectivity index (χ2n) is 14.8. The van der Waals surface area contributed by atoms with Crippen molar-refractivity contribution in [1.29, 1.82) is 0 Å². The van der Waals surface area contributed by atoms with Crippen molar-refractivity contribution in [3.8, 4) is 0 Å². The second kappa shape index (κ2) is 26.2. The quantitative estimate of drug-likeness (QED) is 0.0424. The summed E-state index contributed by atoms with van der Waals surface area (Å²) in [7, 11) is 0. The standard InChI is InChI=1S/C37H66N4O15/c1-21(2)31(48)24(41-28(47)15-8-6-12-18-54-37-30(40-23(4)45)35(52)33(50)26(20-43)56-37)13-9-10-16-38-27(46)14-7-5-11-17-53-36-29(39-22(3)44)34(51)32(49)25(19-42)55-36/h21,24-26,29-30,32-37,42-43,49-52H,5-20H2,1-4H3,(H,38,46)(H,39,44)(H,40,45)(H,41,47). The van der Waals surface area contributed by atoms with Crippen LogP contribution in [0.1, 0.15) is 98.3 Å². The zero-order valence-electron chi connectivity index (χ0n) is 33.1. The summed E-state index contributed by atoms with van der Waals surface area (Å²) < 4.78 is 22.5. The second-order valence-corrected chi connectivity index (χ2v) is 14.8. The lowest BCUT2D eigenvalue weighted by molar-refractivity contribution is -0.270. The molecule has 2 heterocycles. The Morgan fingerprint density at radius 1 is 0.625 bits per heavy atom. The highest BCUT2D eigenvalue weighted by Gasteiger charge is 2.46. The number of rotatable bonds is 26. The van der Waals surface area contributed by atoms with Crippen LogP contribution in [0.25, 0.3) is 0 Å². The first-order valence-corrected chi connectivity index (χ1v) is 19.7. The maximum Gasteiger partial charge on any atom is 0.220 e. The van der Waals surface area contributed by atoms with Crippen molar-refractivity contribution in [1.82, 2.24) is 21.3 Å². The third kappa shape index (κ3) is 16.9. The van der Waals surface area contributed by atoms with E-state index < -0.39 is 92.4 Å². The zero-order valence-corrected chi connectivity index (χ0v) is 33.1. The van der Waals surface area contributed by atoms with E-state index >= 15 is 0 Å². The Bertz CT molecular complexity index is 1210. The molecule has 56 heavy (non-hydrogen) atoms. The minimum Gasteiger partial charge on any atom is -0.394 e. The van der Waals surface area contributed by atoms with Crippen LogP contribution in [-0.4, -0.2) is 160 Å². The van der Waals surface area contributed by atoms with Gasteiger partial charge in [0.15, 0.2) is 18.4 Å². The van der Waals surface area contributed by atoms with Crippen LogP contribution in [0, 0.1) is 5.92 Å². The van der Waals surface area contributed by atoms with E-state index in [1.807, 2.05) is 0 Å². The molecule has 2 aliphatic rings. The summed E-state index contributed by atoms with van der Waals surface area (Å²) in [6.45, 7) is 5.78. The van der Waals surface area contributed by atoms with E-state index in [0.717, 1.165) is 0 Å². The minimum absolute atomic E-state index is 0.0721. The molecule has 10 N–H and O–H groups in total. The van der Waals surface area contributed by atoms with Crippen LogP contribution in [-0.2, 0) is 42.9 Å². The van der Waals surface area contributed by atoms with Gasteiger partial charge >= 0.3 is 0 Å². The van der Waals surface area contributed by atoms with E-state index in [1.54, 1.807) is 13.8 Å². The topological polar surface area (TPSA) is 292 Å². The summed E-state index contributed by atoms with van der Waals surface area (Å²) in [6, 6.07) is -2.68. The number of Topliss-reactive ketones (excluding diaryl/α,β-unsaturated/α-hetero) is 1. The maximum absolute atomic E-state index is 12.8. The molecule has 0 aliphatic carbocycles. The maximum atomic E-state index is 12.8. The fraction of sp³-hybridized carbons (Fsp3) is 0.865. The predicted molar refractivity (Wildman–Crippen MR) is 198 cm³/mol. The number of aliphatic hydroxyl groups excluding tert-OH is 6. The summed E-state index contributed by atoms with van der Waals surface area (Å²) in [4.78, 5) is 61.0. The molecular formula is C37H66N4O15. The third-order valence-corrected chi connectivity index (χ3v) is 9.65. The molecular weight excluding hydrogens is 740 g/mol. The van der Waals surface area contributed by atoms with Crippen LogP contribution in [0.5, 0.6) is 0 Å². The van der Waals surface area contributed by atoms with Crippen molar-refractivity contribution in [2.75, 3.05) is 33.0 Å². The Hall–Kier alpha value is -2.85. The number of carbonyl (C=O) groups is 5. The molecule has 0 aromatic rings. The Labute approximate surface area is 328 Å². The van der Waals surface area contributed by atoms with Crippen LogP contribution < -0.4 is 21.3 Å². The predicted octanol–water partition coefficient (Wildman–Crippen LogP) is -1.98. The van der Waals surface area contributed by atoms with Crippen LogP contribution in [0.4, 0.5) is 0 Å². The Morgan fingerprint density at radius 2 is 1.09 bits per heavy atom. The van der Waals surface area contributed by atoms with E-state index in [2.05, 4.69) is 21.3 Å². The molecule has 19 nitrogen and oxygen atoms in total. The molecule has 0 spiro atoms. The first-order chi connectivity index (χ1) is 26.6. The first-order valence-electron chi connectivity index (χ1n) is 19.7. The van der Waals surface area contributed by atoms with E-state index in [0.29, 0.717) is 70.8 Å². The van der Waals surface area contributed by atoms with Crippen molar-refractivity contribution in [2.24, 2.45) is 5.92 Å². The normalized spacial score (nSPS) is 28.3. The van der Waals surface area contributed by atoms with E-state index in [-0.39, 0.29) is 43.2 Å². The summed E-state index contributed by atoms with van der Waals surface area (Å²) in [5.41, 5.74) is 0. The Morgan fingerprint density at radius 3 is 1.52 bits per heavy atom. The first kappa shape index (κ1) is 49.3. The van der Waals surface area contributed by atoms with Gasteiger partial charge in [0.2, 0.25) is 23.6 Å². The summed E-state index contributed by atoms with van der Waals surface area (Å²) >= 11 is 0. The van der Waals surface area contributed by atoms with Crippen molar-refractivity contribution in [3.63, 3.8) is 0 Å². The van der Waals surface area contributed by atoms with Gasteiger partial charge in [0.25, 0.3) is 0 Å². The fourth-order valence-corrected chi connectivity index (χ4v) is 6.50. The molecule has 11 atom stereocenters. The van der Waals surface area contributed by atoms with Crippen LogP contribution in [0.3, 0.4) is 0 Å². The number of unbranched alkanes of at least 4 members (excludes halogenated alkanes) is 5. The van der Waals surface area contributed by atoms with Crippen molar-refractivity contribution < 1.29 is 73.6 Å². The number of nitrogens with one attached hydrogen (secondary N) is 4. The average molecular weight is 807 g/mol. The number of ether oxygens (including phenoxy) is 4. The van der Waals surface area contributed by atoms with Crippen molar-refractivity contribution in [3.05, 3.63) is 0 Å². The van der Waals surface area contributed by atoms with Gasteiger partial charge in [-0.05, 0) is 44.9 Å². The molecule has 324 valence electrons. The fourth-order valence-electron chi connectivity index (χ4n) is 6.50. The molecule has 2 rings (SSSR count). The SMILES string of the molecule is CC(=O)NC1C(OCCCCCC(=O)NCCCCC(NC(=O)CCCCCOC2OC(CO)C(O)C(O)C2NC(C)=O)C(=O)C(C)C)OC(CO)C(O)C1O. The monoisotopic (exact) mass is 806 g/mol. The lowest BCUT2D eigenvalue weighted by Gasteiger charge is -2.42. The van der Waals surface area contributed by atoms with Crippen LogP contribution in [0.2, 0.25) is 0 Å². The number of amides is 4. The third-order valence-electron chi connectivity index (χ3n) is 9.65. The summed E-state index contributed by atoms with van der Waals surface area (Å²) in [5, 5.41) is 70.6. The molecule has 19 heteroatoms. The molecule has 2 fully saturated rings. The number of carbonyl (C=O) groups excluding carboxylic acids is 5. The van der Waals surface area contributed by atoms with Gasteiger partial charge in [0.05, 0.1) is 19.3 Å². The van der Waals surface area contributed by atoms with E-state index in [1.165, 1.54) is 13.8 Å². The minimum atomic E-state index is -1.40. The van der Waals surface area contributed by atoms with Crippen molar-refractivity contribution >= 4 is 29.4 Å². The van der Waals surface area contributed by atoms with Crippen LogP contribution in [0.15, 0.2) is 0 Å². The molecule has 0 radical (unpaired) electrons. The highest BCUT2D eigenvalue weighted by atomic mass is 16.7. The van der Waals surface area contributed by atoms with Gasteiger partial charge in [-0.3, -0.25) is 24.0 Å². The van der Waals surface area contributed by atoms with Gasteiger partial charge in [-0.2, -0.15) is 0 Å². The Balaban J connectivity index is 1.62. The number of ketones is 1. The average Bonchev–Trinajstić information content (AvgIpc) is 3.15.